The summed E-state index contributed by atoms with van der Waals surface area (Å²) >= 11 is 0. The van der Waals surface area contributed by atoms with Crippen LogP contribution in [0.3, 0.4) is 0 Å². The Balaban J connectivity index is 2.60. The Morgan fingerprint density at radius 2 is 1.85 bits per heavy atom. The van der Waals surface area contributed by atoms with E-state index in [4.69, 9.17) is 0 Å². The summed E-state index contributed by atoms with van der Waals surface area (Å²) in [6.45, 7) is 12.8. The van der Waals surface area contributed by atoms with Gasteiger partial charge in [0.15, 0.2) is 0 Å². The Morgan fingerprint density at radius 1 is 1.23 bits per heavy atom. The topological polar surface area (TPSA) is 15.3 Å². The number of hydrogen-bond acceptors (Lipinski definition) is 2. The summed E-state index contributed by atoms with van der Waals surface area (Å²) in [7, 11) is 0. The zero-order valence-electron chi connectivity index (χ0n) is 9.51. The van der Waals surface area contributed by atoms with E-state index in [0.717, 1.165) is 12.0 Å². The third-order valence-corrected chi connectivity index (χ3v) is 3.40. The average Bonchev–Trinajstić information content (AvgIpc) is 2.11. The lowest BCUT2D eigenvalue weighted by atomic mass is 9.88. The van der Waals surface area contributed by atoms with Crippen LogP contribution in [0.15, 0.2) is 0 Å². The van der Waals surface area contributed by atoms with Crippen LogP contribution in [0.25, 0.3) is 0 Å². The molecule has 1 heterocycles. The summed E-state index contributed by atoms with van der Waals surface area (Å²) in [5, 5.41) is 3.57. The van der Waals surface area contributed by atoms with Gasteiger partial charge in [0.1, 0.15) is 0 Å². The van der Waals surface area contributed by atoms with E-state index in [0.29, 0.717) is 6.04 Å². The molecule has 0 saturated carbocycles. The van der Waals surface area contributed by atoms with Gasteiger partial charge in [-0.05, 0) is 38.9 Å². The van der Waals surface area contributed by atoms with Crippen LogP contribution in [0.1, 0.15) is 34.1 Å². The van der Waals surface area contributed by atoms with E-state index in [1.165, 1.54) is 26.1 Å². The van der Waals surface area contributed by atoms with Gasteiger partial charge in [-0.15, -0.1) is 0 Å². The molecule has 2 nitrogen and oxygen atoms in total. The summed E-state index contributed by atoms with van der Waals surface area (Å²) in [5.41, 5.74) is 0. The zero-order chi connectivity index (χ0) is 9.84. The third kappa shape index (κ3) is 2.44. The number of piperidine rings is 1. The maximum Gasteiger partial charge on any atom is 0.0272 e. The smallest absolute Gasteiger partial charge is 0.0272 e. The second-order valence-electron chi connectivity index (χ2n) is 4.22. The van der Waals surface area contributed by atoms with Crippen molar-refractivity contribution in [3.63, 3.8) is 0 Å². The second-order valence-corrected chi connectivity index (χ2v) is 4.22. The van der Waals surface area contributed by atoms with Crippen molar-refractivity contribution in [1.29, 1.82) is 0 Å². The largest absolute Gasteiger partial charge is 0.313 e. The van der Waals surface area contributed by atoms with Crippen molar-refractivity contribution < 1.29 is 0 Å². The first-order valence-corrected chi connectivity index (χ1v) is 5.68. The van der Waals surface area contributed by atoms with Crippen molar-refractivity contribution >= 4 is 0 Å². The standard InChI is InChI=1S/C11H24N2/c1-5-13(6-2)11-9(3)7-8-12-10(11)4/h9-12H,5-8H2,1-4H3. The van der Waals surface area contributed by atoms with Crippen LogP contribution < -0.4 is 5.32 Å². The Kier molecular flexibility index (Phi) is 4.20. The van der Waals surface area contributed by atoms with Crippen molar-refractivity contribution in [1.82, 2.24) is 10.2 Å². The lowest BCUT2D eigenvalue weighted by Gasteiger charge is -2.42. The van der Waals surface area contributed by atoms with E-state index in [1.807, 2.05) is 0 Å². The molecule has 1 fully saturated rings. The lowest BCUT2D eigenvalue weighted by molar-refractivity contribution is 0.101. The molecule has 3 unspecified atom stereocenters. The van der Waals surface area contributed by atoms with Crippen molar-refractivity contribution in [2.45, 2.75) is 46.2 Å². The molecule has 0 aromatic rings. The number of rotatable bonds is 3. The summed E-state index contributed by atoms with van der Waals surface area (Å²) in [6, 6.07) is 1.40. The molecule has 0 spiro atoms. The highest BCUT2D eigenvalue weighted by molar-refractivity contribution is 4.89. The quantitative estimate of drug-likeness (QED) is 0.718. The van der Waals surface area contributed by atoms with E-state index in [2.05, 4.69) is 37.9 Å². The van der Waals surface area contributed by atoms with Crippen LogP contribution in [0.5, 0.6) is 0 Å². The highest BCUT2D eigenvalue weighted by atomic mass is 15.2. The molecule has 0 aromatic heterocycles. The Labute approximate surface area is 82.7 Å². The number of nitrogens with one attached hydrogen (secondary N) is 1. The molecule has 0 amide bonds. The van der Waals surface area contributed by atoms with Crippen molar-refractivity contribution in [2.75, 3.05) is 19.6 Å². The molecule has 1 N–H and O–H groups in total. The normalized spacial score (nSPS) is 35.3. The van der Waals surface area contributed by atoms with E-state index in [-0.39, 0.29) is 0 Å². The Morgan fingerprint density at radius 3 is 2.31 bits per heavy atom. The predicted octanol–water partition coefficient (Wildman–Crippen LogP) is 1.71. The Hall–Kier alpha value is -0.0800. The molecular weight excluding hydrogens is 160 g/mol. The predicted molar refractivity (Wildman–Crippen MR) is 58.0 cm³/mol. The summed E-state index contributed by atoms with van der Waals surface area (Å²) in [4.78, 5) is 2.58. The fraction of sp³-hybridized carbons (Fsp3) is 1.00. The van der Waals surface area contributed by atoms with Gasteiger partial charge in [0, 0.05) is 12.1 Å². The minimum absolute atomic E-state index is 0.656. The van der Waals surface area contributed by atoms with Gasteiger partial charge in [-0.25, -0.2) is 0 Å². The minimum Gasteiger partial charge on any atom is -0.313 e. The van der Waals surface area contributed by atoms with Crippen LogP contribution >= 0.6 is 0 Å². The highest BCUT2D eigenvalue weighted by Crippen LogP contribution is 2.21. The lowest BCUT2D eigenvalue weighted by Crippen LogP contribution is -2.55. The first-order valence-electron chi connectivity index (χ1n) is 5.68. The molecule has 0 aliphatic carbocycles. The van der Waals surface area contributed by atoms with Crippen molar-refractivity contribution in [2.24, 2.45) is 5.92 Å². The average molecular weight is 184 g/mol. The maximum atomic E-state index is 3.57. The van der Waals surface area contributed by atoms with Crippen LogP contribution in [0.2, 0.25) is 0 Å². The van der Waals surface area contributed by atoms with Gasteiger partial charge in [-0.2, -0.15) is 0 Å². The third-order valence-electron chi connectivity index (χ3n) is 3.40. The van der Waals surface area contributed by atoms with Crippen LogP contribution in [-0.2, 0) is 0 Å². The van der Waals surface area contributed by atoms with E-state index in [9.17, 15) is 0 Å². The summed E-state index contributed by atoms with van der Waals surface area (Å²) in [5.74, 6) is 0.844. The number of nitrogens with zero attached hydrogens (tertiary/aromatic N) is 1. The van der Waals surface area contributed by atoms with Gasteiger partial charge < -0.3 is 5.32 Å². The molecule has 78 valence electrons. The van der Waals surface area contributed by atoms with Crippen molar-refractivity contribution in [3.05, 3.63) is 0 Å². The molecule has 0 aromatic carbocycles. The maximum absolute atomic E-state index is 3.57. The van der Waals surface area contributed by atoms with Crippen LogP contribution in [0, 0.1) is 5.92 Å². The monoisotopic (exact) mass is 184 g/mol. The van der Waals surface area contributed by atoms with Crippen molar-refractivity contribution in [3.8, 4) is 0 Å². The molecule has 1 rings (SSSR count). The second kappa shape index (κ2) is 4.97. The van der Waals surface area contributed by atoms with Gasteiger partial charge in [0.05, 0.1) is 0 Å². The minimum atomic E-state index is 0.656. The van der Waals surface area contributed by atoms with Gasteiger partial charge in [0.2, 0.25) is 0 Å². The molecule has 1 saturated heterocycles. The van der Waals surface area contributed by atoms with Gasteiger partial charge in [0.25, 0.3) is 0 Å². The van der Waals surface area contributed by atoms with E-state index >= 15 is 0 Å². The summed E-state index contributed by atoms with van der Waals surface area (Å²) < 4.78 is 0. The first-order chi connectivity index (χ1) is 6.20. The molecule has 13 heavy (non-hydrogen) atoms. The van der Waals surface area contributed by atoms with Gasteiger partial charge in [-0.1, -0.05) is 20.8 Å². The van der Waals surface area contributed by atoms with Gasteiger partial charge >= 0.3 is 0 Å². The Bertz CT molecular complexity index is 133. The molecule has 2 heteroatoms. The SMILES string of the molecule is CCN(CC)C1C(C)CCNC1C. The zero-order valence-corrected chi connectivity index (χ0v) is 9.51. The molecular formula is C11H24N2. The fourth-order valence-corrected chi connectivity index (χ4v) is 2.64. The first kappa shape index (κ1) is 11.0. The van der Waals surface area contributed by atoms with Crippen LogP contribution in [0.4, 0.5) is 0 Å². The highest BCUT2D eigenvalue weighted by Gasteiger charge is 2.30. The number of hydrogen-bond donors (Lipinski definition) is 1. The fourth-order valence-electron chi connectivity index (χ4n) is 2.64. The molecule has 3 atom stereocenters. The molecule has 0 radical (unpaired) electrons. The molecule has 0 bridgehead atoms. The molecule has 1 aliphatic heterocycles. The van der Waals surface area contributed by atoms with Gasteiger partial charge in [-0.3, -0.25) is 4.90 Å². The van der Waals surface area contributed by atoms with E-state index in [1.54, 1.807) is 0 Å². The molecule has 1 aliphatic rings. The number of likely N-dealkylation sites (N-methyl/N-ethyl adjacent to an activating group) is 1. The van der Waals surface area contributed by atoms with Crippen LogP contribution in [-0.4, -0.2) is 36.6 Å². The van der Waals surface area contributed by atoms with E-state index < -0.39 is 0 Å². The summed E-state index contributed by atoms with van der Waals surface area (Å²) in [6.07, 6.45) is 1.32.